The van der Waals surface area contributed by atoms with Crippen molar-refractivity contribution in [3.8, 4) is 11.5 Å². The monoisotopic (exact) mass is 244 g/mol. The number of phenols is 2. The first-order valence-electron chi connectivity index (χ1n) is 5.76. The molecule has 18 heavy (non-hydrogen) atoms. The molecule has 0 bridgehead atoms. The van der Waals surface area contributed by atoms with Crippen molar-refractivity contribution in [1.82, 2.24) is 10.1 Å². The molecule has 1 aliphatic carbocycles. The van der Waals surface area contributed by atoms with Gasteiger partial charge in [-0.3, -0.25) is 0 Å². The maximum Gasteiger partial charge on any atom is 0.250 e. The van der Waals surface area contributed by atoms with E-state index in [-0.39, 0.29) is 11.5 Å². The Hall–Kier alpha value is -2.30. The van der Waals surface area contributed by atoms with Crippen LogP contribution in [0.5, 0.6) is 11.5 Å². The molecular weight excluding hydrogens is 232 g/mol. The van der Waals surface area contributed by atoms with E-state index in [2.05, 4.69) is 10.1 Å². The molecule has 1 heterocycles. The van der Waals surface area contributed by atoms with Crippen molar-refractivity contribution >= 4 is 12.2 Å². The number of nitrogens with zero attached hydrogens (tertiary/aromatic N) is 2. The minimum absolute atomic E-state index is 0.138. The smallest absolute Gasteiger partial charge is 0.250 e. The van der Waals surface area contributed by atoms with Crippen LogP contribution in [0.25, 0.3) is 12.2 Å². The van der Waals surface area contributed by atoms with E-state index in [4.69, 9.17) is 4.52 Å². The summed E-state index contributed by atoms with van der Waals surface area (Å²) in [5.41, 5.74) is 0.747. The number of aromatic nitrogens is 2. The zero-order valence-corrected chi connectivity index (χ0v) is 9.58. The van der Waals surface area contributed by atoms with Crippen molar-refractivity contribution < 1.29 is 14.7 Å². The molecule has 2 N–H and O–H groups in total. The van der Waals surface area contributed by atoms with Crippen molar-refractivity contribution in [2.24, 2.45) is 0 Å². The van der Waals surface area contributed by atoms with Crippen LogP contribution < -0.4 is 0 Å². The SMILES string of the molecule is Oc1ccc(/C=C/c2nc(C3CC3)no2)cc1O. The molecular formula is C13H12N2O3. The maximum atomic E-state index is 9.35. The summed E-state index contributed by atoms with van der Waals surface area (Å²) < 4.78 is 5.08. The molecule has 0 amide bonds. The number of hydrogen-bond acceptors (Lipinski definition) is 5. The van der Waals surface area contributed by atoms with Gasteiger partial charge in [0.1, 0.15) is 0 Å². The quantitative estimate of drug-likeness (QED) is 0.811. The van der Waals surface area contributed by atoms with E-state index < -0.39 is 0 Å². The molecule has 1 aromatic heterocycles. The van der Waals surface area contributed by atoms with Crippen molar-refractivity contribution in [1.29, 1.82) is 0 Å². The third kappa shape index (κ3) is 2.20. The van der Waals surface area contributed by atoms with E-state index in [1.807, 2.05) is 0 Å². The van der Waals surface area contributed by atoms with Crippen LogP contribution in [0.4, 0.5) is 0 Å². The van der Waals surface area contributed by atoms with Gasteiger partial charge in [-0.05, 0) is 36.6 Å². The van der Waals surface area contributed by atoms with Gasteiger partial charge in [0.15, 0.2) is 17.3 Å². The first kappa shape index (κ1) is 10.8. The molecule has 3 rings (SSSR count). The van der Waals surface area contributed by atoms with E-state index in [9.17, 15) is 10.2 Å². The topological polar surface area (TPSA) is 79.4 Å². The lowest BCUT2D eigenvalue weighted by Gasteiger charge is -1.97. The number of benzene rings is 1. The van der Waals surface area contributed by atoms with Gasteiger partial charge < -0.3 is 14.7 Å². The molecule has 0 unspecified atom stereocenters. The van der Waals surface area contributed by atoms with E-state index in [0.29, 0.717) is 11.8 Å². The third-order valence-corrected chi connectivity index (χ3v) is 2.82. The number of aromatic hydroxyl groups is 2. The normalized spacial score (nSPS) is 15.3. The molecule has 2 aromatic rings. The summed E-state index contributed by atoms with van der Waals surface area (Å²) in [4.78, 5) is 4.25. The van der Waals surface area contributed by atoms with Crippen LogP contribution in [-0.4, -0.2) is 20.4 Å². The minimum atomic E-state index is -0.152. The molecule has 0 radical (unpaired) electrons. The van der Waals surface area contributed by atoms with Crippen molar-refractivity contribution in [3.05, 3.63) is 35.5 Å². The van der Waals surface area contributed by atoms with Gasteiger partial charge in [-0.15, -0.1) is 0 Å². The second kappa shape index (κ2) is 4.18. The molecule has 0 saturated heterocycles. The van der Waals surface area contributed by atoms with E-state index >= 15 is 0 Å². The first-order valence-corrected chi connectivity index (χ1v) is 5.76. The number of hydrogen-bond donors (Lipinski definition) is 2. The highest BCUT2D eigenvalue weighted by molar-refractivity contribution is 5.67. The van der Waals surface area contributed by atoms with Crippen molar-refractivity contribution in [2.45, 2.75) is 18.8 Å². The third-order valence-electron chi connectivity index (χ3n) is 2.82. The van der Waals surface area contributed by atoms with Gasteiger partial charge in [-0.2, -0.15) is 4.98 Å². The molecule has 0 spiro atoms. The van der Waals surface area contributed by atoms with Crippen LogP contribution in [0.2, 0.25) is 0 Å². The molecule has 92 valence electrons. The average molecular weight is 244 g/mol. The van der Waals surface area contributed by atoms with Crippen LogP contribution >= 0.6 is 0 Å². The fourth-order valence-electron chi connectivity index (χ4n) is 1.63. The Morgan fingerprint density at radius 2 is 2.00 bits per heavy atom. The highest BCUT2D eigenvalue weighted by Gasteiger charge is 2.28. The lowest BCUT2D eigenvalue weighted by molar-refractivity contribution is 0.403. The Morgan fingerprint density at radius 1 is 1.17 bits per heavy atom. The summed E-state index contributed by atoms with van der Waals surface area (Å²) >= 11 is 0. The summed E-state index contributed by atoms with van der Waals surface area (Å²) in [5.74, 6) is 1.39. The summed E-state index contributed by atoms with van der Waals surface area (Å²) in [6.45, 7) is 0. The van der Waals surface area contributed by atoms with Crippen LogP contribution in [0, 0.1) is 0 Å². The second-order valence-electron chi connectivity index (χ2n) is 4.35. The molecule has 1 aromatic carbocycles. The molecule has 1 aliphatic rings. The highest BCUT2D eigenvalue weighted by Crippen LogP contribution is 2.38. The maximum absolute atomic E-state index is 9.35. The highest BCUT2D eigenvalue weighted by atomic mass is 16.5. The van der Waals surface area contributed by atoms with Gasteiger partial charge >= 0.3 is 0 Å². The minimum Gasteiger partial charge on any atom is -0.504 e. The molecule has 5 nitrogen and oxygen atoms in total. The Balaban J connectivity index is 1.77. The van der Waals surface area contributed by atoms with Crippen LogP contribution in [0.15, 0.2) is 22.7 Å². The number of rotatable bonds is 3. The molecule has 5 heteroatoms. The van der Waals surface area contributed by atoms with Gasteiger partial charge in [0.2, 0.25) is 0 Å². The zero-order chi connectivity index (χ0) is 12.5. The Labute approximate surface area is 103 Å². The van der Waals surface area contributed by atoms with E-state index in [0.717, 1.165) is 24.2 Å². The van der Waals surface area contributed by atoms with Crippen molar-refractivity contribution in [3.63, 3.8) is 0 Å². The molecule has 0 aliphatic heterocycles. The fraction of sp³-hybridized carbons (Fsp3) is 0.231. The Bertz CT molecular complexity index is 600. The van der Waals surface area contributed by atoms with Crippen LogP contribution in [0.1, 0.15) is 36.0 Å². The largest absolute Gasteiger partial charge is 0.504 e. The van der Waals surface area contributed by atoms with Crippen LogP contribution in [-0.2, 0) is 0 Å². The molecule has 1 fully saturated rings. The number of phenolic OH excluding ortho intramolecular Hbond substituents is 2. The lowest BCUT2D eigenvalue weighted by Crippen LogP contribution is -1.80. The zero-order valence-electron chi connectivity index (χ0n) is 9.58. The van der Waals surface area contributed by atoms with Crippen LogP contribution in [0.3, 0.4) is 0 Å². The lowest BCUT2D eigenvalue weighted by atomic mass is 10.2. The van der Waals surface area contributed by atoms with Gasteiger partial charge in [0, 0.05) is 12.0 Å². The predicted molar refractivity (Wildman–Crippen MR) is 65.0 cm³/mol. The van der Waals surface area contributed by atoms with Gasteiger partial charge in [-0.25, -0.2) is 0 Å². The standard InChI is InChI=1S/C13H12N2O3/c16-10-5-1-8(7-11(10)17)2-6-12-14-13(15-18-12)9-3-4-9/h1-2,5-7,9,16-17H,3-4H2/b6-2+. The second-order valence-corrected chi connectivity index (χ2v) is 4.35. The Morgan fingerprint density at radius 3 is 2.72 bits per heavy atom. The molecule has 1 saturated carbocycles. The summed E-state index contributed by atoms with van der Waals surface area (Å²) in [7, 11) is 0. The van der Waals surface area contributed by atoms with Gasteiger partial charge in [-0.1, -0.05) is 11.2 Å². The van der Waals surface area contributed by atoms with E-state index in [1.54, 1.807) is 18.2 Å². The Kier molecular flexibility index (Phi) is 2.51. The van der Waals surface area contributed by atoms with Crippen molar-refractivity contribution in [2.75, 3.05) is 0 Å². The van der Waals surface area contributed by atoms with Gasteiger partial charge in [0.05, 0.1) is 0 Å². The predicted octanol–water partition coefficient (Wildman–Crippen LogP) is 2.53. The summed E-state index contributed by atoms with van der Waals surface area (Å²) in [5, 5.41) is 22.4. The summed E-state index contributed by atoms with van der Waals surface area (Å²) in [6, 6.07) is 4.58. The summed E-state index contributed by atoms with van der Waals surface area (Å²) in [6.07, 6.45) is 5.69. The first-order chi connectivity index (χ1) is 8.72. The fourth-order valence-corrected chi connectivity index (χ4v) is 1.63. The van der Waals surface area contributed by atoms with Gasteiger partial charge in [0.25, 0.3) is 5.89 Å². The average Bonchev–Trinajstić information content (AvgIpc) is 3.11. The van der Waals surface area contributed by atoms with E-state index in [1.165, 1.54) is 12.1 Å². The molecule has 0 atom stereocenters.